The minimum Gasteiger partial charge on any atom is -0.333 e. The number of hydrogen-bond acceptors (Lipinski definition) is 1. The average molecular weight is 312 g/mol. The highest BCUT2D eigenvalue weighted by Crippen LogP contribution is 2.12. The van der Waals surface area contributed by atoms with Crippen LogP contribution >= 0.6 is 0 Å². The number of benzene rings is 2. The van der Waals surface area contributed by atoms with Gasteiger partial charge in [-0.25, -0.2) is 4.79 Å². The topological polar surface area (TPSA) is 45.6 Å². The molecule has 0 bridgehead atoms. The van der Waals surface area contributed by atoms with E-state index in [-0.39, 0.29) is 12.1 Å². The van der Waals surface area contributed by atoms with Crippen molar-refractivity contribution in [1.29, 1.82) is 0 Å². The monoisotopic (exact) mass is 312 g/mol. The van der Waals surface area contributed by atoms with E-state index in [2.05, 4.69) is 36.6 Å². The van der Waals surface area contributed by atoms with Gasteiger partial charge in [0.2, 0.25) is 0 Å². The van der Waals surface area contributed by atoms with E-state index in [9.17, 15) is 4.79 Å². The predicted octanol–water partition coefficient (Wildman–Crippen LogP) is 2.47. The summed E-state index contributed by atoms with van der Waals surface area (Å²) in [6.45, 7) is 7.30. The molecule has 1 atom stereocenters. The number of rotatable bonds is 7. The Morgan fingerprint density at radius 2 is 1.52 bits per heavy atom. The van der Waals surface area contributed by atoms with Crippen LogP contribution in [0.25, 0.3) is 0 Å². The molecule has 0 aliphatic heterocycles. The first-order valence-corrected chi connectivity index (χ1v) is 8.24. The van der Waals surface area contributed by atoms with Crippen LogP contribution in [0.5, 0.6) is 0 Å². The Morgan fingerprint density at radius 3 is 2.09 bits per heavy atom. The van der Waals surface area contributed by atoms with Gasteiger partial charge in [0, 0.05) is 5.69 Å². The summed E-state index contributed by atoms with van der Waals surface area (Å²) >= 11 is 0. The zero-order chi connectivity index (χ0) is 16.5. The molecule has 0 aromatic heterocycles. The van der Waals surface area contributed by atoms with Crippen molar-refractivity contribution in [2.45, 2.75) is 19.9 Å². The van der Waals surface area contributed by atoms with Gasteiger partial charge in [0.15, 0.2) is 0 Å². The number of urea groups is 1. The summed E-state index contributed by atoms with van der Waals surface area (Å²) in [6.07, 6.45) is 0. The van der Waals surface area contributed by atoms with Crippen LogP contribution in [-0.2, 0) is 0 Å². The number of likely N-dealkylation sites (N-methyl/N-ethyl adjacent to an activating group) is 1. The second kappa shape index (κ2) is 8.96. The number of anilines is 1. The first-order chi connectivity index (χ1) is 11.2. The van der Waals surface area contributed by atoms with Crippen molar-refractivity contribution in [1.82, 2.24) is 5.32 Å². The Bertz CT molecular complexity index is 582. The van der Waals surface area contributed by atoms with Crippen molar-refractivity contribution in [2.24, 2.45) is 0 Å². The molecule has 2 amide bonds. The van der Waals surface area contributed by atoms with Crippen LogP contribution in [0.15, 0.2) is 60.7 Å². The molecule has 0 fully saturated rings. The van der Waals surface area contributed by atoms with Gasteiger partial charge in [-0.2, -0.15) is 0 Å². The molecule has 0 unspecified atom stereocenters. The number of carbonyl (C=O) groups excluding carboxylic acids is 1. The van der Waals surface area contributed by atoms with E-state index in [1.807, 2.05) is 48.5 Å². The summed E-state index contributed by atoms with van der Waals surface area (Å²) in [4.78, 5) is 13.8. The molecule has 4 heteroatoms. The second-order valence-electron chi connectivity index (χ2n) is 5.59. The van der Waals surface area contributed by atoms with E-state index >= 15 is 0 Å². The fourth-order valence-electron chi connectivity index (χ4n) is 2.61. The molecule has 0 aliphatic rings. The van der Waals surface area contributed by atoms with Crippen molar-refractivity contribution in [3.63, 3.8) is 0 Å². The third-order valence-electron chi connectivity index (χ3n) is 4.03. The Balaban J connectivity index is 2.06. The zero-order valence-electron chi connectivity index (χ0n) is 13.9. The van der Waals surface area contributed by atoms with Gasteiger partial charge in [0.1, 0.15) is 12.6 Å². The SMILES string of the molecule is CC[NH+](CC)C[C@H](NC(=O)Nc1ccccc1)c1ccccc1. The summed E-state index contributed by atoms with van der Waals surface area (Å²) in [7, 11) is 0. The first-order valence-electron chi connectivity index (χ1n) is 8.24. The van der Waals surface area contributed by atoms with Crippen LogP contribution in [-0.4, -0.2) is 25.7 Å². The van der Waals surface area contributed by atoms with Gasteiger partial charge in [-0.15, -0.1) is 0 Å². The molecule has 2 rings (SSSR count). The lowest BCUT2D eigenvalue weighted by Gasteiger charge is -2.24. The molecule has 2 aromatic rings. The van der Waals surface area contributed by atoms with Gasteiger partial charge in [-0.3, -0.25) is 0 Å². The maximum Gasteiger partial charge on any atom is 0.319 e. The van der Waals surface area contributed by atoms with Crippen molar-refractivity contribution in [2.75, 3.05) is 25.0 Å². The normalized spacial score (nSPS) is 12.0. The van der Waals surface area contributed by atoms with Crippen molar-refractivity contribution in [3.8, 4) is 0 Å². The van der Waals surface area contributed by atoms with E-state index in [0.717, 1.165) is 30.9 Å². The first kappa shape index (κ1) is 17.0. The zero-order valence-corrected chi connectivity index (χ0v) is 13.9. The van der Waals surface area contributed by atoms with Crippen LogP contribution in [0, 0.1) is 0 Å². The predicted molar refractivity (Wildman–Crippen MR) is 94.7 cm³/mol. The van der Waals surface area contributed by atoms with E-state index < -0.39 is 0 Å². The third kappa shape index (κ3) is 5.42. The van der Waals surface area contributed by atoms with Gasteiger partial charge >= 0.3 is 6.03 Å². The van der Waals surface area contributed by atoms with E-state index in [4.69, 9.17) is 0 Å². The lowest BCUT2D eigenvalue weighted by molar-refractivity contribution is -0.898. The smallest absolute Gasteiger partial charge is 0.319 e. The minimum absolute atomic E-state index is 0.00480. The van der Waals surface area contributed by atoms with E-state index in [1.54, 1.807) is 0 Å². The summed E-state index contributed by atoms with van der Waals surface area (Å²) in [5.74, 6) is 0. The molecule has 2 aromatic carbocycles. The Kier molecular flexibility index (Phi) is 6.63. The van der Waals surface area contributed by atoms with Gasteiger partial charge in [0.05, 0.1) is 13.1 Å². The third-order valence-corrected chi connectivity index (χ3v) is 4.03. The molecule has 0 saturated heterocycles. The standard InChI is InChI=1S/C19H25N3O/c1-3-22(4-2)15-18(16-11-7-5-8-12-16)21-19(23)20-17-13-9-6-10-14-17/h5-14,18H,3-4,15H2,1-2H3,(H2,20,21,23)/p+1/t18-/m0/s1. The molecule has 0 spiro atoms. The number of amides is 2. The van der Waals surface area contributed by atoms with Crippen LogP contribution < -0.4 is 15.5 Å². The Labute approximate surface area is 138 Å². The highest BCUT2D eigenvalue weighted by Gasteiger charge is 2.19. The quantitative estimate of drug-likeness (QED) is 0.722. The minimum atomic E-state index is -0.170. The lowest BCUT2D eigenvalue weighted by atomic mass is 10.1. The van der Waals surface area contributed by atoms with E-state index in [1.165, 1.54) is 4.90 Å². The summed E-state index contributed by atoms with van der Waals surface area (Å²) in [5.41, 5.74) is 1.93. The summed E-state index contributed by atoms with van der Waals surface area (Å²) < 4.78 is 0. The average Bonchev–Trinajstić information content (AvgIpc) is 2.60. The van der Waals surface area contributed by atoms with Crippen LogP contribution in [0.2, 0.25) is 0 Å². The largest absolute Gasteiger partial charge is 0.333 e. The molecule has 0 saturated carbocycles. The number of quaternary nitrogens is 1. The van der Waals surface area contributed by atoms with Gasteiger partial charge in [-0.05, 0) is 31.5 Å². The fourth-order valence-corrected chi connectivity index (χ4v) is 2.61. The number of nitrogens with one attached hydrogen (secondary N) is 3. The lowest BCUT2D eigenvalue weighted by Crippen LogP contribution is -3.12. The molecule has 3 N–H and O–H groups in total. The second-order valence-corrected chi connectivity index (χ2v) is 5.59. The molecular weight excluding hydrogens is 286 g/mol. The van der Waals surface area contributed by atoms with Crippen LogP contribution in [0.3, 0.4) is 0 Å². The Morgan fingerprint density at radius 1 is 0.957 bits per heavy atom. The number of hydrogen-bond donors (Lipinski definition) is 3. The molecular formula is C19H26N3O+. The highest BCUT2D eigenvalue weighted by molar-refractivity contribution is 5.89. The van der Waals surface area contributed by atoms with Gasteiger partial charge in [-0.1, -0.05) is 48.5 Å². The maximum absolute atomic E-state index is 12.3. The molecule has 122 valence electrons. The molecule has 23 heavy (non-hydrogen) atoms. The van der Waals surface area contributed by atoms with Crippen LogP contribution in [0.1, 0.15) is 25.5 Å². The van der Waals surface area contributed by atoms with Crippen molar-refractivity contribution < 1.29 is 9.69 Å². The van der Waals surface area contributed by atoms with E-state index in [0.29, 0.717) is 0 Å². The molecule has 0 radical (unpaired) electrons. The highest BCUT2D eigenvalue weighted by atomic mass is 16.2. The van der Waals surface area contributed by atoms with Gasteiger partial charge < -0.3 is 15.5 Å². The maximum atomic E-state index is 12.3. The Hall–Kier alpha value is -2.33. The number of carbonyl (C=O) groups is 1. The molecule has 0 aliphatic carbocycles. The van der Waals surface area contributed by atoms with Crippen molar-refractivity contribution in [3.05, 3.63) is 66.2 Å². The summed E-state index contributed by atoms with van der Waals surface area (Å²) in [5, 5.41) is 6.00. The van der Waals surface area contributed by atoms with Crippen LogP contribution in [0.4, 0.5) is 10.5 Å². The molecule has 4 nitrogen and oxygen atoms in total. The number of para-hydroxylation sites is 1. The van der Waals surface area contributed by atoms with Gasteiger partial charge in [0.25, 0.3) is 0 Å². The molecule has 0 heterocycles. The summed E-state index contributed by atoms with van der Waals surface area (Å²) in [6, 6.07) is 19.5. The van der Waals surface area contributed by atoms with Crippen molar-refractivity contribution >= 4 is 11.7 Å². The fraction of sp³-hybridized carbons (Fsp3) is 0.316.